The molecule has 1 unspecified atom stereocenters. The Bertz CT molecular complexity index is 296. The Labute approximate surface area is 71.2 Å². The molecule has 0 aromatic heterocycles. The van der Waals surface area contributed by atoms with Gasteiger partial charge in [0, 0.05) is 5.56 Å². The molecule has 0 fully saturated rings. The summed E-state index contributed by atoms with van der Waals surface area (Å²) in [5.41, 5.74) is 1.66. The molecule has 1 aromatic rings. The van der Waals surface area contributed by atoms with E-state index in [9.17, 15) is 4.39 Å². The van der Waals surface area contributed by atoms with Gasteiger partial charge >= 0.3 is 0 Å². The molecule has 0 N–H and O–H groups in total. The van der Waals surface area contributed by atoms with E-state index in [1.807, 2.05) is 6.07 Å². The Morgan fingerprint density at radius 3 is 3.08 bits per heavy atom. The summed E-state index contributed by atoms with van der Waals surface area (Å²) in [6, 6.07) is 5.11. The van der Waals surface area contributed by atoms with Crippen LogP contribution in [0.2, 0.25) is 0 Å². The zero-order valence-corrected chi connectivity index (χ0v) is 6.72. The Hall–Kier alpha value is -0.890. The van der Waals surface area contributed by atoms with Gasteiger partial charge in [-0.2, -0.15) is 0 Å². The Kier molecular flexibility index (Phi) is 1.85. The number of rotatable bonds is 0. The van der Waals surface area contributed by atoms with Crippen LogP contribution in [0.1, 0.15) is 17.2 Å². The predicted octanol–water partition coefficient (Wildman–Crippen LogP) is 2.27. The van der Waals surface area contributed by atoms with Gasteiger partial charge in [0.2, 0.25) is 0 Å². The molecule has 12 heavy (non-hydrogen) atoms. The second kappa shape index (κ2) is 2.87. The van der Waals surface area contributed by atoms with Gasteiger partial charge in [-0.1, -0.05) is 12.1 Å². The zero-order chi connectivity index (χ0) is 8.55. The molecule has 1 atom stereocenters. The minimum absolute atomic E-state index is 0.202. The van der Waals surface area contributed by atoms with Crippen molar-refractivity contribution in [2.45, 2.75) is 12.5 Å². The van der Waals surface area contributed by atoms with E-state index in [2.05, 4.69) is 6.92 Å². The second-order valence-electron chi connectivity index (χ2n) is 2.92. The molecule has 0 bridgehead atoms. The van der Waals surface area contributed by atoms with Crippen LogP contribution in [0.5, 0.6) is 0 Å². The van der Waals surface area contributed by atoms with Gasteiger partial charge in [0.15, 0.2) is 0 Å². The summed E-state index contributed by atoms with van der Waals surface area (Å²) in [5.74, 6) is -0.202. The fourth-order valence-electron chi connectivity index (χ4n) is 1.55. The van der Waals surface area contributed by atoms with Crippen LogP contribution >= 0.6 is 0 Å². The minimum Gasteiger partial charge on any atom is -0.373 e. The van der Waals surface area contributed by atoms with E-state index < -0.39 is 0 Å². The molecular weight excluding hydrogens is 155 g/mol. The number of hydrogen-bond donors (Lipinski definition) is 0. The Morgan fingerprint density at radius 2 is 2.33 bits per heavy atom. The molecule has 0 spiro atoms. The van der Waals surface area contributed by atoms with Gasteiger partial charge in [0.05, 0.1) is 12.7 Å². The van der Waals surface area contributed by atoms with Gasteiger partial charge in [-0.15, -0.1) is 0 Å². The summed E-state index contributed by atoms with van der Waals surface area (Å²) in [5, 5.41) is 0. The molecule has 0 saturated carbocycles. The maximum Gasteiger partial charge on any atom is 0.129 e. The van der Waals surface area contributed by atoms with Crippen molar-refractivity contribution in [2.75, 3.05) is 6.61 Å². The third kappa shape index (κ3) is 1.12. The monoisotopic (exact) mass is 165 g/mol. The van der Waals surface area contributed by atoms with Crippen LogP contribution in [0, 0.1) is 12.7 Å². The second-order valence-corrected chi connectivity index (χ2v) is 2.92. The molecule has 1 heterocycles. The predicted molar refractivity (Wildman–Crippen MR) is 44.2 cm³/mol. The van der Waals surface area contributed by atoms with Crippen LogP contribution in [-0.4, -0.2) is 6.61 Å². The first kappa shape index (κ1) is 7.74. The highest BCUT2D eigenvalue weighted by Crippen LogP contribution is 2.28. The lowest BCUT2D eigenvalue weighted by Crippen LogP contribution is -2.15. The molecule has 2 rings (SSSR count). The third-order valence-corrected chi connectivity index (χ3v) is 2.16. The highest BCUT2D eigenvalue weighted by molar-refractivity contribution is 5.32. The van der Waals surface area contributed by atoms with Crippen LogP contribution in [0.4, 0.5) is 4.39 Å². The van der Waals surface area contributed by atoms with Gasteiger partial charge in [-0.25, -0.2) is 4.39 Å². The van der Waals surface area contributed by atoms with E-state index in [0.29, 0.717) is 12.2 Å². The van der Waals surface area contributed by atoms with Crippen molar-refractivity contribution in [1.29, 1.82) is 0 Å². The van der Waals surface area contributed by atoms with E-state index in [-0.39, 0.29) is 11.9 Å². The number of halogens is 1. The quantitative estimate of drug-likeness (QED) is 0.573. The van der Waals surface area contributed by atoms with Gasteiger partial charge < -0.3 is 4.74 Å². The van der Waals surface area contributed by atoms with E-state index >= 15 is 0 Å². The smallest absolute Gasteiger partial charge is 0.129 e. The normalized spacial score (nSPS) is 22.0. The SMILES string of the molecule is [CH2]C1OCCc2cccc(F)c21. The van der Waals surface area contributed by atoms with Crippen LogP contribution < -0.4 is 0 Å². The summed E-state index contributed by atoms with van der Waals surface area (Å²) in [7, 11) is 0. The summed E-state index contributed by atoms with van der Waals surface area (Å²) < 4.78 is 18.4. The standard InChI is InChI=1S/C10H10FO/c1-7-10-8(5-6-12-7)3-2-4-9(10)11/h2-4,7H,1,5-6H2. The maximum atomic E-state index is 13.2. The summed E-state index contributed by atoms with van der Waals surface area (Å²) in [4.78, 5) is 0. The van der Waals surface area contributed by atoms with Crippen LogP contribution in [-0.2, 0) is 11.2 Å². The van der Waals surface area contributed by atoms with E-state index in [1.54, 1.807) is 6.07 Å². The molecule has 63 valence electrons. The number of benzene rings is 1. The molecule has 1 aliphatic rings. The lowest BCUT2D eigenvalue weighted by Gasteiger charge is -2.22. The van der Waals surface area contributed by atoms with Gasteiger partial charge in [-0.05, 0) is 25.0 Å². The van der Waals surface area contributed by atoms with Crippen molar-refractivity contribution >= 4 is 0 Å². The average molecular weight is 165 g/mol. The summed E-state index contributed by atoms with van der Waals surface area (Å²) >= 11 is 0. The largest absolute Gasteiger partial charge is 0.373 e. The third-order valence-electron chi connectivity index (χ3n) is 2.16. The number of fused-ring (bicyclic) bond motifs is 1. The topological polar surface area (TPSA) is 9.23 Å². The van der Waals surface area contributed by atoms with Gasteiger partial charge in [-0.3, -0.25) is 0 Å². The first-order valence-electron chi connectivity index (χ1n) is 4.01. The molecule has 0 amide bonds. The fraction of sp³-hybridized carbons (Fsp3) is 0.300. The van der Waals surface area contributed by atoms with E-state index in [0.717, 1.165) is 12.0 Å². The molecule has 1 aromatic carbocycles. The first-order valence-corrected chi connectivity index (χ1v) is 4.01. The number of hydrogen-bond acceptors (Lipinski definition) is 1. The van der Waals surface area contributed by atoms with E-state index in [1.165, 1.54) is 6.07 Å². The van der Waals surface area contributed by atoms with Crippen molar-refractivity contribution in [3.05, 3.63) is 42.1 Å². The van der Waals surface area contributed by atoms with Gasteiger partial charge in [0.25, 0.3) is 0 Å². The Morgan fingerprint density at radius 1 is 1.50 bits per heavy atom. The summed E-state index contributed by atoms with van der Waals surface area (Å²) in [6.07, 6.45) is 0.453. The molecule has 0 saturated heterocycles. The molecule has 0 aliphatic carbocycles. The van der Waals surface area contributed by atoms with E-state index in [4.69, 9.17) is 4.74 Å². The molecule has 1 nitrogen and oxygen atoms in total. The van der Waals surface area contributed by atoms with Crippen molar-refractivity contribution < 1.29 is 9.13 Å². The molecule has 1 radical (unpaired) electrons. The highest BCUT2D eigenvalue weighted by atomic mass is 19.1. The molecule has 2 heteroatoms. The van der Waals surface area contributed by atoms with Gasteiger partial charge in [0.1, 0.15) is 5.82 Å². The van der Waals surface area contributed by atoms with Crippen molar-refractivity contribution in [2.24, 2.45) is 0 Å². The summed E-state index contributed by atoms with van der Waals surface area (Å²) in [6.45, 7) is 4.38. The van der Waals surface area contributed by atoms with Crippen molar-refractivity contribution in [3.63, 3.8) is 0 Å². The van der Waals surface area contributed by atoms with Crippen molar-refractivity contribution in [1.82, 2.24) is 0 Å². The molecule has 1 aliphatic heterocycles. The first-order chi connectivity index (χ1) is 5.79. The maximum absolute atomic E-state index is 13.2. The minimum atomic E-state index is -0.338. The highest BCUT2D eigenvalue weighted by Gasteiger charge is 2.19. The lowest BCUT2D eigenvalue weighted by molar-refractivity contribution is 0.0702. The molecular formula is C10H10FO. The Balaban J connectivity index is 2.53. The zero-order valence-electron chi connectivity index (χ0n) is 6.72. The van der Waals surface area contributed by atoms with Crippen LogP contribution in [0.15, 0.2) is 18.2 Å². The lowest BCUT2D eigenvalue weighted by atomic mass is 9.98. The fourth-order valence-corrected chi connectivity index (χ4v) is 1.55. The number of ether oxygens (including phenoxy) is 1. The van der Waals surface area contributed by atoms with Crippen LogP contribution in [0.3, 0.4) is 0 Å². The average Bonchev–Trinajstić information content (AvgIpc) is 2.04. The van der Waals surface area contributed by atoms with Crippen LogP contribution in [0.25, 0.3) is 0 Å². The van der Waals surface area contributed by atoms with Crippen molar-refractivity contribution in [3.8, 4) is 0 Å².